The van der Waals surface area contributed by atoms with Crippen molar-refractivity contribution in [3.05, 3.63) is 35.4 Å². The van der Waals surface area contributed by atoms with E-state index in [-0.39, 0.29) is 5.54 Å². The summed E-state index contributed by atoms with van der Waals surface area (Å²) in [5.41, 5.74) is 3.23. The predicted octanol–water partition coefficient (Wildman–Crippen LogP) is 5.25. The second kappa shape index (κ2) is 6.09. The Hall–Kier alpha value is -0.820. The summed E-state index contributed by atoms with van der Waals surface area (Å²) in [4.78, 5) is 0. The van der Waals surface area contributed by atoms with Crippen LogP contribution in [0.25, 0.3) is 0 Å². The Kier molecular flexibility index (Phi) is 5.20. The van der Waals surface area contributed by atoms with E-state index in [2.05, 4.69) is 78.0 Å². The van der Waals surface area contributed by atoms with Crippen molar-refractivity contribution < 1.29 is 0 Å². The van der Waals surface area contributed by atoms with Crippen molar-refractivity contribution in [2.45, 2.75) is 72.9 Å². The summed E-state index contributed by atoms with van der Waals surface area (Å²) >= 11 is 0. The van der Waals surface area contributed by atoms with Crippen molar-refractivity contribution in [2.24, 2.45) is 5.41 Å². The van der Waals surface area contributed by atoms with Crippen LogP contribution in [0.15, 0.2) is 24.3 Å². The van der Waals surface area contributed by atoms with E-state index in [0.717, 1.165) is 6.42 Å². The fourth-order valence-corrected chi connectivity index (χ4v) is 3.07. The van der Waals surface area contributed by atoms with Crippen molar-refractivity contribution in [3.63, 3.8) is 0 Å². The van der Waals surface area contributed by atoms with Gasteiger partial charge in [0, 0.05) is 11.6 Å². The van der Waals surface area contributed by atoms with E-state index in [1.54, 1.807) is 0 Å². The van der Waals surface area contributed by atoms with Crippen LogP contribution in [0.3, 0.4) is 0 Å². The second-order valence-corrected chi connectivity index (χ2v) is 7.64. The van der Waals surface area contributed by atoms with E-state index in [9.17, 15) is 0 Å². The predicted molar refractivity (Wildman–Crippen MR) is 85.5 cm³/mol. The van der Waals surface area contributed by atoms with Crippen LogP contribution >= 0.6 is 0 Å². The molecule has 0 spiro atoms. The molecule has 0 saturated heterocycles. The van der Waals surface area contributed by atoms with Gasteiger partial charge in [-0.2, -0.15) is 0 Å². The average Bonchev–Trinajstić information content (AvgIpc) is 2.24. The smallest absolute Gasteiger partial charge is 0.0322 e. The summed E-state index contributed by atoms with van der Waals surface area (Å²) in [5.74, 6) is 0. The van der Waals surface area contributed by atoms with Crippen molar-refractivity contribution in [3.8, 4) is 0 Å². The van der Waals surface area contributed by atoms with Crippen molar-refractivity contribution in [2.75, 3.05) is 0 Å². The fraction of sp³-hybridized carbons (Fsp3) is 0.667. The van der Waals surface area contributed by atoms with Crippen LogP contribution in [0.1, 0.15) is 71.6 Å². The normalized spacial score (nSPS) is 14.5. The molecule has 0 radical (unpaired) electrons. The highest BCUT2D eigenvalue weighted by atomic mass is 15.0. The van der Waals surface area contributed by atoms with Crippen LogP contribution in [0, 0.1) is 12.3 Å². The van der Waals surface area contributed by atoms with E-state index >= 15 is 0 Å². The lowest BCUT2D eigenvalue weighted by Gasteiger charge is -2.37. The maximum atomic E-state index is 3.84. The van der Waals surface area contributed by atoms with Gasteiger partial charge in [0.15, 0.2) is 0 Å². The summed E-state index contributed by atoms with van der Waals surface area (Å²) in [6.45, 7) is 16.0. The first-order chi connectivity index (χ1) is 8.63. The van der Waals surface area contributed by atoms with Crippen LogP contribution < -0.4 is 5.32 Å². The first-order valence-corrected chi connectivity index (χ1v) is 7.47. The highest BCUT2D eigenvalue weighted by Gasteiger charge is 2.27. The minimum absolute atomic E-state index is 0.157. The second-order valence-electron chi connectivity index (χ2n) is 7.64. The highest BCUT2D eigenvalue weighted by molar-refractivity contribution is 5.24. The first kappa shape index (κ1) is 16.2. The molecule has 1 unspecified atom stereocenters. The van der Waals surface area contributed by atoms with Gasteiger partial charge in [-0.05, 0) is 44.6 Å². The Morgan fingerprint density at radius 3 is 1.95 bits per heavy atom. The molecular formula is C18H31N. The van der Waals surface area contributed by atoms with E-state index in [0.29, 0.717) is 11.5 Å². The third kappa shape index (κ3) is 5.78. The molecule has 108 valence electrons. The molecule has 0 aliphatic rings. The van der Waals surface area contributed by atoms with E-state index in [4.69, 9.17) is 0 Å². The number of hydrogen-bond donors (Lipinski definition) is 1. The topological polar surface area (TPSA) is 12.0 Å². The van der Waals surface area contributed by atoms with E-state index in [1.807, 2.05) is 0 Å². The molecule has 1 heteroatoms. The van der Waals surface area contributed by atoms with Gasteiger partial charge >= 0.3 is 0 Å². The van der Waals surface area contributed by atoms with Crippen molar-refractivity contribution in [1.82, 2.24) is 5.32 Å². The lowest BCUT2D eigenvalue weighted by molar-refractivity contribution is 0.220. The lowest BCUT2D eigenvalue weighted by atomic mass is 9.81. The molecule has 0 aliphatic heterocycles. The molecule has 19 heavy (non-hydrogen) atoms. The van der Waals surface area contributed by atoms with Gasteiger partial charge in [-0.1, -0.05) is 57.5 Å². The SMILES string of the molecule is CCC(NC(C)(C)CC(C)(C)C)c1ccc(C)cc1. The maximum absolute atomic E-state index is 3.84. The van der Waals surface area contributed by atoms with Gasteiger partial charge in [0.05, 0.1) is 0 Å². The zero-order valence-electron chi connectivity index (χ0n) is 13.8. The number of aryl methyl sites for hydroxylation is 1. The first-order valence-electron chi connectivity index (χ1n) is 7.47. The van der Waals surface area contributed by atoms with E-state index in [1.165, 1.54) is 17.5 Å². The van der Waals surface area contributed by atoms with Crippen LogP contribution in [-0.2, 0) is 0 Å². The monoisotopic (exact) mass is 261 g/mol. The molecule has 0 fully saturated rings. The van der Waals surface area contributed by atoms with Crippen LogP contribution in [0.2, 0.25) is 0 Å². The van der Waals surface area contributed by atoms with Gasteiger partial charge in [0.2, 0.25) is 0 Å². The lowest BCUT2D eigenvalue weighted by Crippen LogP contribution is -2.44. The van der Waals surface area contributed by atoms with Gasteiger partial charge < -0.3 is 5.32 Å². The molecular weight excluding hydrogens is 230 g/mol. The minimum Gasteiger partial charge on any atom is -0.305 e. The van der Waals surface area contributed by atoms with Crippen LogP contribution in [0.5, 0.6) is 0 Å². The molecule has 0 saturated carbocycles. The Balaban J connectivity index is 2.79. The molecule has 1 rings (SSSR count). The largest absolute Gasteiger partial charge is 0.305 e. The molecule has 0 heterocycles. The molecule has 0 aliphatic carbocycles. The third-order valence-corrected chi connectivity index (χ3v) is 3.43. The number of benzene rings is 1. The number of hydrogen-bond acceptors (Lipinski definition) is 1. The Labute approximate surface area is 119 Å². The van der Waals surface area contributed by atoms with E-state index < -0.39 is 0 Å². The Morgan fingerprint density at radius 2 is 1.53 bits per heavy atom. The zero-order valence-corrected chi connectivity index (χ0v) is 13.8. The Morgan fingerprint density at radius 1 is 1.00 bits per heavy atom. The van der Waals surface area contributed by atoms with Crippen LogP contribution in [0.4, 0.5) is 0 Å². The summed E-state index contributed by atoms with van der Waals surface area (Å²) in [6, 6.07) is 9.36. The third-order valence-electron chi connectivity index (χ3n) is 3.43. The fourth-order valence-electron chi connectivity index (χ4n) is 3.07. The number of rotatable bonds is 5. The molecule has 0 amide bonds. The molecule has 1 atom stereocenters. The van der Waals surface area contributed by atoms with Gasteiger partial charge in [0.25, 0.3) is 0 Å². The summed E-state index contributed by atoms with van der Waals surface area (Å²) < 4.78 is 0. The van der Waals surface area contributed by atoms with Gasteiger partial charge in [-0.3, -0.25) is 0 Å². The average molecular weight is 261 g/mol. The van der Waals surface area contributed by atoms with Crippen molar-refractivity contribution in [1.29, 1.82) is 0 Å². The zero-order chi connectivity index (χ0) is 14.7. The number of nitrogens with one attached hydrogen (secondary N) is 1. The molecule has 1 nitrogen and oxygen atoms in total. The molecule has 0 bridgehead atoms. The molecule has 1 N–H and O–H groups in total. The van der Waals surface area contributed by atoms with Gasteiger partial charge in [-0.15, -0.1) is 0 Å². The molecule has 1 aromatic rings. The molecule has 1 aromatic carbocycles. The summed E-state index contributed by atoms with van der Waals surface area (Å²) in [5, 5.41) is 3.84. The minimum atomic E-state index is 0.157. The molecule has 0 aromatic heterocycles. The van der Waals surface area contributed by atoms with Gasteiger partial charge in [0.1, 0.15) is 0 Å². The summed E-state index contributed by atoms with van der Waals surface area (Å²) in [7, 11) is 0. The highest BCUT2D eigenvalue weighted by Crippen LogP contribution is 2.30. The quantitative estimate of drug-likeness (QED) is 0.763. The summed E-state index contributed by atoms with van der Waals surface area (Å²) in [6.07, 6.45) is 2.29. The Bertz CT molecular complexity index is 381. The maximum Gasteiger partial charge on any atom is 0.0322 e. The van der Waals surface area contributed by atoms with Crippen molar-refractivity contribution >= 4 is 0 Å². The standard InChI is InChI=1S/C18H31N/c1-8-16(15-11-9-14(2)10-12-15)19-18(6,7)13-17(3,4)5/h9-12,16,19H,8,13H2,1-7H3. The van der Waals surface area contributed by atoms with Crippen LogP contribution in [-0.4, -0.2) is 5.54 Å². The van der Waals surface area contributed by atoms with Gasteiger partial charge in [-0.25, -0.2) is 0 Å².